The van der Waals surface area contributed by atoms with Crippen LogP contribution in [0.15, 0.2) is 18.2 Å². The molecule has 1 saturated heterocycles. The normalized spacial score (nSPS) is 18.2. The topological polar surface area (TPSA) is 3.24 Å². The van der Waals surface area contributed by atoms with Gasteiger partial charge in [-0.15, -0.1) is 0 Å². The Bertz CT molecular complexity index is 340. The van der Waals surface area contributed by atoms with Gasteiger partial charge in [-0.2, -0.15) is 0 Å². The summed E-state index contributed by atoms with van der Waals surface area (Å²) in [4.78, 5) is 2.16. The van der Waals surface area contributed by atoms with Crippen LogP contribution in [-0.2, 0) is 0 Å². The summed E-state index contributed by atoms with van der Waals surface area (Å²) >= 11 is 0. The lowest BCUT2D eigenvalue weighted by Crippen LogP contribution is -2.33. The maximum atomic E-state index is 13.7. The van der Waals surface area contributed by atoms with Crippen molar-refractivity contribution < 1.29 is 4.39 Å². The Balaban J connectivity index is 2.15. The van der Waals surface area contributed by atoms with E-state index >= 15 is 0 Å². The van der Waals surface area contributed by atoms with Gasteiger partial charge in [0.25, 0.3) is 0 Å². The molecule has 0 spiro atoms. The van der Waals surface area contributed by atoms with E-state index in [9.17, 15) is 4.39 Å². The number of anilines is 1. The van der Waals surface area contributed by atoms with Crippen LogP contribution < -0.4 is 4.90 Å². The van der Waals surface area contributed by atoms with Gasteiger partial charge in [0, 0.05) is 13.1 Å². The zero-order valence-corrected chi connectivity index (χ0v) is 9.46. The van der Waals surface area contributed by atoms with Gasteiger partial charge in [0.05, 0.1) is 5.69 Å². The smallest absolute Gasteiger partial charge is 0.146 e. The molecule has 1 aliphatic heterocycles. The Labute approximate surface area is 90.9 Å². The minimum absolute atomic E-state index is 0.0791. The first-order valence-electron chi connectivity index (χ1n) is 5.68. The average Bonchev–Trinajstić information content (AvgIpc) is 2.20. The third kappa shape index (κ3) is 2.31. The number of rotatable bonds is 1. The van der Waals surface area contributed by atoms with Crippen LogP contribution in [0.3, 0.4) is 0 Å². The van der Waals surface area contributed by atoms with E-state index in [0.717, 1.165) is 30.3 Å². The van der Waals surface area contributed by atoms with Crippen LogP contribution in [0.5, 0.6) is 0 Å². The summed E-state index contributed by atoms with van der Waals surface area (Å²) in [5.41, 5.74) is 1.76. The molecule has 0 atom stereocenters. The molecule has 82 valence electrons. The van der Waals surface area contributed by atoms with Crippen molar-refractivity contribution in [1.29, 1.82) is 0 Å². The minimum atomic E-state index is -0.0791. The van der Waals surface area contributed by atoms with E-state index in [1.807, 2.05) is 19.1 Å². The molecule has 0 aromatic heterocycles. The highest BCUT2D eigenvalue weighted by molar-refractivity contribution is 5.49. The lowest BCUT2D eigenvalue weighted by molar-refractivity contribution is 0.434. The molecular weight excluding hydrogens is 189 g/mol. The molecule has 0 unspecified atom stereocenters. The molecule has 0 N–H and O–H groups in total. The lowest BCUT2D eigenvalue weighted by Gasteiger charge is -2.32. The molecule has 15 heavy (non-hydrogen) atoms. The number of nitrogens with zero attached hydrogens (tertiary/aromatic N) is 1. The average molecular weight is 207 g/mol. The summed E-state index contributed by atoms with van der Waals surface area (Å²) in [7, 11) is 0. The molecule has 0 aliphatic carbocycles. The zero-order valence-electron chi connectivity index (χ0n) is 9.46. The lowest BCUT2D eigenvalue weighted by atomic mass is 9.98. The third-order valence-corrected chi connectivity index (χ3v) is 3.23. The number of piperidine rings is 1. The molecule has 1 fully saturated rings. The molecule has 1 aliphatic rings. The summed E-state index contributed by atoms with van der Waals surface area (Å²) in [5, 5.41) is 0. The van der Waals surface area contributed by atoms with E-state index in [4.69, 9.17) is 0 Å². The Morgan fingerprint density at radius 3 is 2.53 bits per heavy atom. The van der Waals surface area contributed by atoms with E-state index in [-0.39, 0.29) is 5.82 Å². The van der Waals surface area contributed by atoms with Gasteiger partial charge in [0.15, 0.2) is 0 Å². The molecule has 1 aromatic carbocycles. The largest absolute Gasteiger partial charge is 0.369 e. The zero-order chi connectivity index (χ0) is 10.8. The molecule has 1 nitrogen and oxygen atoms in total. The van der Waals surface area contributed by atoms with Crippen molar-refractivity contribution in [3.05, 3.63) is 29.6 Å². The van der Waals surface area contributed by atoms with Gasteiger partial charge in [-0.1, -0.05) is 13.0 Å². The van der Waals surface area contributed by atoms with Crippen molar-refractivity contribution in [2.75, 3.05) is 18.0 Å². The highest BCUT2D eigenvalue weighted by Crippen LogP contribution is 2.25. The Morgan fingerprint density at radius 2 is 1.93 bits per heavy atom. The number of hydrogen-bond donors (Lipinski definition) is 0. The van der Waals surface area contributed by atoms with Crippen molar-refractivity contribution in [2.24, 2.45) is 5.92 Å². The second kappa shape index (κ2) is 4.21. The van der Waals surface area contributed by atoms with Gasteiger partial charge in [-0.05, 0) is 43.4 Å². The van der Waals surface area contributed by atoms with Gasteiger partial charge in [0.1, 0.15) is 5.82 Å². The molecule has 1 aromatic rings. The Kier molecular flexibility index (Phi) is 2.94. The van der Waals surface area contributed by atoms with Crippen molar-refractivity contribution in [1.82, 2.24) is 0 Å². The maximum Gasteiger partial charge on any atom is 0.146 e. The van der Waals surface area contributed by atoms with Crippen LogP contribution in [-0.4, -0.2) is 13.1 Å². The van der Waals surface area contributed by atoms with Crippen LogP contribution in [0, 0.1) is 18.7 Å². The first-order valence-corrected chi connectivity index (χ1v) is 5.68. The van der Waals surface area contributed by atoms with Crippen molar-refractivity contribution in [2.45, 2.75) is 26.7 Å². The second-order valence-corrected chi connectivity index (χ2v) is 4.62. The van der Waals surface area contributed by atoms with E-state index in [2.05, 4.69) is 11.8 Å². The van der Waals surface area contributed by atoms with Gasteiger partial charge in [-0.3, -0.25) is 0 Å². The van der Waals surface area contributed by atoms with E-state index < -0.39 is 0 Å². The summed E-state index contributed by atoms with van der Waals surface area (Å²) < 4.78 is 13.7. The number of aryl methyl sites for hydroxylation is 1. The highest BCUT2D eigenvalue weighted by Gasteiger charge is 2.18. The molecule has 0 bridgehead atoms. The standard InChI is InChI=1S/C13H18FN/c1-10-5-7-15(8-6-10)13-4-3-11(2)9-12(13)14/h3-4,9-10H,5-8H2,1-2H3. The summed E-state index contributed by atoms with van der Waals surface area (Å²) in [6.45, 7) is 6.16. The quantitative estimate of drug-likeness (QED) is 0.682. The monoisotopic (exact) mass is 207 g/mol. The fourth-order valence-corrected chi connectivity index (χ4v) is 2.12. The number of hydrogen-bond acceptors (Lipinski definition) is 1. The fourth-order valence-electron chi connectivity index (χ4n) is 2.12. The highest BCUT2D eigenvalue weighted by atomic mass is 19.1. The van der Waals surface area contributed by atoms with Gasteiger partial charge < -0.3 is 4.90 Å². The van der Waals surface area contributed by atoms with Crippen LogP contribution in [0.2, 0.25) is 0 Å². The maximum absolute atomic E-state index is 13.7. The van der Waals surface area contributed by atoms with Crippen molar-refractivity contribution >= 4 is 5.69 Å². The van der Waals surface area contributed by atoms with E-state index in [1.165, 1.54) is 12.8 Å². The predicted octanol–water partition coefficient (Wildman–Crippen LogP) is 3.37. The van der Waals surface area contributed by atoms with Gasteiger partial charge in [-0.25, -0.2) is 4.39 Å². The van der Waals surface area contributed by atoms with E-state index in [1.54, 1.807) is 6.07 Å². The molecule has 0 amide bonds. The van der Waals surface area contributed by atoms with Crippen LogP contribution in [0.4, 0.5) is 10.1 Å². The second-order valence-electron chi connectivity index (χ2n) is 4.62. The van der Waals surface area contributed by atoms with Gasteiger partial charge >= 0.3 is 0 Å². The number of benzene rings is 1. The minimum Gasteiger partial charge on any atom is -0.369 e. The Morgan fingerprint density at radius 1 is 1.27 bits per heavy atom. The fraction of sp³-hybridized carbons (Fsp3) is 0.538. The molecule has 2 rings (SSSR count). The van der Waals surface area contributed by atoms with Crippen molar-refractivity contribution in [3.8, 4) is 0 Å². The van der Waals surface area contributed by atoms with Crippen molar-refractivity contribution in [3.63, 3.8) is 0 Å². The summed E-state index contributed by atoms with van der Waals surface area (Å²) in [6, 6.07) is 5.50. The first-order chi connectivity index (χ1) is 7.16. The molecule has 0 radical (unpaired) electrons. The number of halogens is 1. The molecule has 2 heteroatoms. The van der Waals surface area contributed by atoms with Crippen LogP contribution in [0.25, 0.3) is 0 Å². The molecular formula is C13H18FN. The third-order valence-electron chi connectivity index (χ3n) is 3.23. The van der Waals surface area contributed by atoms with Crippen LogP contribution >= 0.6 is 0 Å². The molecule has 1 heterocycles. The Hall–Kier alpha value is -1.05. The molecule has 0 saturated carbocycles. The summed E-state index contributed by atoms with van der Waals surface area (Å²) in [5.74, 6) is 0.708. The van der Waals surface area contributed by atoms with E-state index in [0.29, 0.717) is 0 Å². The summed E-state index contributed by atoms with van der Waals surface area (Å²) in [6.07, 6.45) is 2.35. The van der Waals surface area contributed by atoms with Crippen LogP contribution in [0.1, 0.15) is 25.3 Å². The SMILES string of the molecule is Cc1ccc(N2CCC(C)CC2)c(F)c1. The van der Waals surface area contributed by atoms with Gasteiger partial charge in [0.2, 0.25) is 0 Å². The first kappa shape index (κ1) is 10.5. The predicted molar refractivity (Wildman–Crippen MR) is 61.7 cm³/mol.